The summed E-state index contributed by atoms with van der Waals surface area (Å²) in [5.41, 5.74) is -4.49. The van der Waals surface area contributed by atoms with Gasteiger partial charge in [-0.2, -0.15) is 0 Å². The van der Waals surface area contributed by atoms with Crippen molar-refractivity contribution in [1.82, 2.24) is 5.32 Å². The van der Waals surface area contributed by atoms with Crippen molar-refractivity contribution in [3.8, 4) is 0 Å². The molecule has 0 aromatic heterocycles. The van der Waals surface area contributed by atoms with E-state index in [1.54, 1.807) is 62.3 Å². The summed E-state index contributed by atoms with van der Waals surface area (Å²) in [7, 11) is 0. The maximum Gasteiger partial charge on any atom is 0.408 e. The fourth-order valence-electron chi connectivity index (χ4n) is 3.73. The Morgan fingerprint density at radius 1 is 0.867 bits per heavy atom. The molecule has 2 rings (SSSR count). The molecule has 0 radical (unpaired) electrons. The maximum absolute atomic E-state index is 13.3. The molecule has 0 bridgehead atoms. The van der Waals surface area contributed by atoms with Gasteiger partial charge in [0.1, 0.15) is 16.8 Å². The molecule has 0 aromatic carbocycles. The number of ether oxygens (including phenoxy) is 3. The van der Waals surface area contributed by atoms with Gasteiger partial charge in [0.2, 0.25) is 0 Å². The van der Waals surface area contributed by atoms with Crippen molar-refractivity contribution in [3.63, 3.8) is 0 Å². The number of rotatable bonds is 3. The van der Waals surface area contributed by atoms with Gasteiger partial charge in [0, 0.05) is 17.4 Å². The van der Waals surface area contributed by atoms with Crippen LogP contribution in [-0.2, 0) is 28.6 Å². The zero-order valence-electron chi connectivity index (χ0n) is 19.3. The Balaban J connectivity index is 2.45. The van der Waals surface area contributed by atoms with E-state index in [1.807, 2.05) is 0 Å². The summed E-state index contributed by atoms with van der Waals surface area (Å²) in [4.78, 5) is 51.4. The zero-order valence-corrected chi connectivity index (χ0v) is 19.3. The van der Waals surface area contributed by atoms with Crippen LogP contribution < -0.4 is 5.32 Å². The zero-order chi connectivity index (χ0) is 23.4. The van der Waals surface area contributed by atoms with Crippen molar-refractivity contribution >= 4 is 23.8 Å². The molecule has 2 aliphatic carbocycles. The number of Topliss-reactive ketones (excluding diaryl/α,β-unsaturated/α-hetero) is 1. The van der Waals surface area contributed by atoms with Crippen LogP contribution in [0.2, 0.25) is 0 Å². The van der Waals surface area contributed by atoms with Gasteiger partial charge in [-0.3, -0.25) is 9.59 Å². The number of alkyl carbamates (subject to hydrolysis) is 1. The Morgan fingerprint density at radius 2 is 1.33 bits per heavy atom. The van der Waals surface area contributed by atoms with Crippen LogP contribution in [0.4, 0.5) is 4.79 Å². The van der Waals surface area contributed by atoms with E-state index < -0.39 is 63.9 Å². The van der Waals surface area contributed by atoms with E-state index >= 15 is 0 Å². The second kappa shape index (κ2) is 7.10. The molecule has 0 heterocycles. The highest BCUT2D eigenvalue weighted by Crippen LogP contribution is 2.63. The molecule has 8 heteroatoms. The van der Waals surface area contributed by atoms with Crippen LogP contribution in [-0.4, -0.2) is 46.2 Å². The van der Waals surface area contributed by atoms with Crippen LogP contribution in [0.1, 0.15) is 62.3 Å². The van der Waals surface area contributed by atoms with Crippen LogP contribution in [0.3, 0.4) is 0 Å². The fraction of sp³-hybridized carbons (Fsp3) is 0.727. The summed E-state index contributed by atoms with van der Waals surface area (Å²) in [6.07, 6.45) is -0.905. The molecule has 0 aliphatic heterocycles. The van der Waals surface area contributed by atoms with Crippen LogP contribution in [0.5, 0.6) is 0 Å². The largest absolute Gasteiger partial charge is 0.460 e. The SMILES string of the molecule is C=C1C(=O)C2[C@H](C(=O)OC(C)(C)C)[C@H]2[C@]1(NC(=O)OC(C)(C)C)C(=O)OC(C)(C)C. The molecule has 4 atom stereocenters. The highest BCUT2D eigenvalue weighted by Gasteiger charge is 2.79. The molecule has 1 unspecified atom stereocenters. The highest BCUT2D eigenvalue weighted by molar-refractivity contribution is 6.16. The number of nitrogens with one attached hydrogen (secondary N) is 1. The highest BCUT2D eigenvalue weighted by atomic mass is 16.6. The van der Waals surface area contributed by atoms with Gasteiger partial charge < -0.3 is 19.5 Å². The molecular weight excluding hydrogens is 390 g/mol. The van der Waals surface area contributed by atoms with Crippen molar-refractivity contribution in [2.24, 2.45) is 17.8 Å². The molecule has 2 saturated carbocycles. The van der Waals surface area contributed by atoms with Crippen LogP contribution >= 0.6 is 0 Å². The van der Waals surface area contributed by atoms with Gasteiger partial charge >= 0.3 is 18.0 Å². The second-order valence-electron chi connectivity index (χ2n) is 10.9. The number of carbonyl (C=O) groups excluding carboxylic acids is 4. The van der Waals surface area contributed by atoms with Crippen LogP contribution in [0.15, 0.2) is 12.2 Å². The molecule has 168 valence electrons. The second-order valence-corrected chi connectivity index (χ2v) is 10.9. The number of ketones is 1. The van der Waals surface area contributed by atoms with Gasteiger partial charge in [-0.15, -0.1) is 0 Å². The van der Waals surface area contributed by atoms with Gasteiger partial charge in [-0.25, -0.2) is 9.59 Å². The Morgan fingerprint density at radius 3 is 1.77 bits per heavy atom. The Bertz CT molecular complexity index is 794. The molecule has 0 saturated heterocycles. The first-order valence-electron chi connectivity index (χ1n) is 10.0. The van der Waals surface area contributed by atoms with Gasteiger partial charge in [-0.1, -0.05) is 6.58 Å². The molecule has 8 nitrogen and oxygen atoms in total. The number of carbonyl (C=O) groups is 4. The van der Waals surface area contributed by atoms with Crippen molar-refractivity contribution < 1.29 is 33.4 Å². The van der Waals surface area contributed by atoms with Crippen LogP contribution in [0, 0.1) is 17.8 Å². The third kappa shape index (κ3) is 4.68. The number of fused-ring (bicyclic) bond motifs is 1. The summed E-state index contributed by atoms with van der Waals surface area (Å²) in [5, 5.41) is 2.53. The van der Waals surface area contributed by atoms with E-state index in [0.717, 1.165) is 0 Å². The molecule has 30 heavy (non-hydrogen) atoms. The summed E-state index contributed by atoms with van der Waals surface area (Å²) >= 11 is 0. The molecule has 2 fully saturated rings. The number of amides is 1. The maximum atomic E-state index is 13.3. The molecule has 0 spiro atoms. The van der Waals surface area contributed by atoms with Gasteiger partial charge in [0.25, 0.3) is 0 Å². The average Bonchev–Trinajstić information content (AvgIpc) is 3.16. The summed E-state index contributed by atoms with van der Waals surface area (Å²) in [5.74, 6) is -4.41. The van der Waals surface area contributed by atoms with E-state index in [0.29, 0.717) is 0 Å². The van der Waals surface area contributed by atoms with Gasteiger partial charge in [0.05, 0.1) is 5.92 Å². The van der Waals surface area contributed by atoms with Crippen LogP contribution in [0.25, 0.3) is 0 Å². The first-order chi connectivity index (χ1) is 13.3. The lowest BCUT2D eigenvalue weighted by Gasteiger charge is -2.35. The topological polar surface area (TPSA) is 108 Å². The summed E-state index contributed by atoms with van der Waals surface area (Å²) < 4.78 is 16.3. The van der Waals surface area contributed by atoms with E-state index in [4.69, 9.17) is 14.2 Å². The minimum atomic E-state index is -1.89. The smallest absolute Gasteiger partial charge is 0.408 e. The first kappa shape index (κ1) is 23.9. The Kier molecular flexibility index (Phi) is 5.65. The Labute approximate surface area is 177 Å². The monoisotopic (exact) mass is 423 g/mol. The molecule has 0 aromatic rings. The van der Waals surface area contributed by atoms with E-state index in [9.17, 15) is 19.2 Å². The number of hydrogen-bond acceptors (Lipinski definition) is 7. The quantitative estimate of drug-likeness (QED) is 0.422. The first-order valence-corrected chi connectivity index (χ1v) is 10.0. The van der Waals surface area contributed by atoms with Crippen molar-refractivity contribution in [2.45, 2.75) is 84.7 Å². The number of hydrogen-bond donors (Lipinski definition) is 1. The minimum Gasteiger partial charge on any atom is -0.460 e. The lowest BCUT2D eigenvalue weighted by Crippen LogP contribution is -2.60. The third-order valence-electron chi connectivity index (χ3n) is 4.69. The molecular formula is C22H33NO7. The van der Waals surface area contributed by atoms with E-state index in [2.05, 4.69) is 11.9 Å². The minimum absolute atomic E-state index is 0.114. The lowest BCUT2D eigenvalue weighted by molar-refractivity contribution is -0.163. The van der Waals surface area contributed by atoms with Gasteiger partial charge in [0.15, 0.2) is 11.3 Å². The lowest BCUT2D eigenvalue weighted by atomic mass is 9.85. The normalized spacial score (nSPS) is 28.5. The van der Waals surface area contributed by atoms with Gasteiger partial charge in [-0.05, 0) is 62.3 Å². The van der Waals surface area contributed by atoms with Crippen molar-refractivity contribution in [3.05, 3.63) is 12.2 Å². The van der Waals surface area contributed by atoms with E-state index in [1.165, 1.54) is 0 Å². The number of esters is 2. The average molecular weight is 424 g/mol. The molecule has 1 N–H and O–H groups in total. The fourth-order valence-corrected chi connectivity index (χ4v) is 3.73. The summed E-state index contributed by atoms with van der Waals surface area (Å²) in [6, 6.07) is 0. The van der Waals surface area contributed by atoms with Crippen molar-refractivity contribution in [1.29, 1.82) is 0 Å². The Hall–Kier alpha value is -2.38. The van der Waals surface area contributed by atoms with E-state index in [-0.39, 0.29) is 5.57 Å². The molecule has 1 amide bonds. The third-order valence-corrected chi connectivity index (χ3v) is 4.69. The predicted molar refractivity (Wildman–Crippen MR) is 108 cm³/mol. The summed E-state index contributed by atoms with van der Waals surface area (Å²) in [6.45, 7) is 18.9. The standard InChI is InChI=1S/C22H33NO7/c1-11-15(24)12-13(16(25)28-19(2,3)4)14(12)22(11,17(26)29-20(5,6)7)23-18(27)30-21(8,9)10/h12-14H,1H2,2-10H3,(H,23,27)/t12?,13-,14-,22-/m0/s1. The predicted octanol–water partition coefficient (Wildman–Crippen LogP) is 2.93. The molecule has 2 aliphatic rings. The van der Waals surface area contributed by atoms with Crippen molar-refractivity contribution in [2.75, 3.05) is 0 Å².